The number of ether oxygens (including phenoxy) is 2. The number of hydrogen-bond acceptors (Lipinski definition) is 5. The number of thiophene rings is 1. The van der Waals surface area contributed by atoms with Gasteiger partial charge in [0, 0.05) is 59.9 Å². The maximum absolute atomic E-state index is 6.12. The fourth-order valence-electron chi connectivity index (χ4n) is 4.15. The zero-order chi connectivity index (χ0) is 23.0. The van der Waals surface area contributed by atoms with Gasteiger partial charge in [0.15, 0.2) is 0 Å². The monoisotopic (exact) mass is 475 g/mol. The van der Waals surface area contributed by atoms with Gasteiger partial charge in [0.05, 0.1) is 18.5 Å². The fraction of sp³-hybridized carbons (Fsp3) is 0.308. The first kappa shape index (κ1) is 22.1. The molecule has 5 nitrogen and oxygen atoms in total. The van der Waals surface area contributed by atoms with E-state index in [1.54, 1.807) is 7.11 Å². The highest BCUT2D eigenvalue weighted by molar-refractivity contribution is 7.16. The minimum Gasteiger partial charge on any atom is -0.497 e. The Morgan fingerprint density at radius 1 is 1.03 bits per heavy atom. The molecule has 0 N–H and O–H groups in total. The number of aromatic nitrogens is 3. The summed E-state index contributed by atoms with van der Waals surface area (Å²) in [5, 5.41) is 5.03. The molecule has 3 heterocycles. The van der Waals surface area contributed by atoms with Crippen molar-refractivity contribution in [2.45, 2.75) is 38.8 Å². The number of pyridine rings is 1. The van der Waals surface area contributed by atoms with Crippen LogP contribution in [0.1, 0.15) is 10.4 Å². The molecule has 0 saturated heterocycles. The summed E-state index contributed by atoms with van der Waals surface area (Å²) in [7, 11) is 0.558. The lowest BCUT2D eigenvalue weighted by atomic mass is 10.1. The van der Waals surface area contributed by atoms with E-state index in [0.29, 0.717) is 6.73 Å². The molecular formula is C26H29N3O2SSi. The Morgan fingerprint density at radius 3 is 2.48 bits per heavy atom. The van der Waals surface area contributed by atoms with Crippen LogP contribution in [0, 0.1) is 0 Å². The molecule has 3 aromatic heterocycles. The van der Waals surface area contributed by atoms with Gasteiger partial charge >= 0.3 is 0 Å². The molecule has 1 aliphatic rings. The van der Waals surface area contributed by atoms with Gasteiger partial charge in [0.2, 0.25) is 0 Å². The first-order chi connectivity index (χ1) is 15.9. The fourth-order valence-corrected chi connectivity index (χ4v) is 6.09. The zero-order valence-corrected chi connectivity index (χ0v) is 21.4. The summed E-state index contributed by atoms with van der Waals surface area (Å²) >= 11 is 1.86. The highest BCUT2D eigenvalue weighted by Crippen LogP contribution is 2.47. The maximum atomic E-state index is 6.12. The zero-order valence-electron chi connectivity index (χ0n) is 19.6. The van der Waals surface area contributed by atoms with Crippen molar-refractivity contribution in [3.63, 3.8) is 0 Å². The van der Waals surface area contributed by atoms with Gasteiger partial charge < -0.3 is 9.47 Å². The van der Waals surface area contributed by atoms with Crippen LogP contribution in [0.2, 0.25) is 25.7 Å². The third kappa shape index (κ3) is 4.53. The molecule has 0 fully saturated rings. The van der Waals surface area contributed by atoms with Crippen LogP contribution >= 0.6 is 11.3 Å². The molecule has 0 amide bonds. The van der Waals surface area contributed by atoms with Crippen LogP contribution in [-0.2, 0) is 17.9 Å². The summed E-state index contributed by atoms with van der Waals surface area (Å²) in [5.74, 6) is 0.852. The average molecular weight is 476 g/mol. The summed E-state index contributed by atoms with van der Waals surface area (Å²) in [6, 6.07) is 15.8. The molecule has 5 rings (SSSR count). The predicted octanol–water partition coefficient (Wildman–Crippen LogP) is 6.57. The summed E-state index contributed by atoms with van der Waals surface area (Å²) in [5.41, 5.74) is 7.12. The molecule has 0 aliphatic heterocycles. The van der Waals surface area contributed by atoms with E-state index in [1.807, 2.05) is 35.9 Å². The van der Waals surface area contributed by atoms with Crippen molar-refractivity contribution in [2.75, 3.05) is 13.7 Å². The van der Waals surface area contributed by atoms with Crippen LogP contribution in [0.25, 0.3) is 33.0 Å². The largest absolute Gasteiger partial charge is 0.497 e. The van der Waals surface area contributed by atoms with Crippen molar-refractivity contribution in [1.29, 1.82) is 0 Å². The van der Waals surface area contributed by atoms with E-state index in [-0.39, 0.29) is 0 Å². The lowest BCUT2D eigenvalue weighted by Crippen LogP contribution is -2.22. The van der Waals surface area contributed by atoms with Crippen molar-refractivity contribution in [1.82, 2.24) is 14.8 Å². The summed E-state index contributed by atoms with van der Waals surface area (Å²) in [4.78, 5) is 6.82. The molecule has 0 radical (unpaired) electrons. The molecule has 0 saturated carbocycles. The maximum Gasteiger partial charge on any atom is 0.140 e. The molecular weight excluding hydrogens is 446 g/mol. The highest BCUT2D eigenvalue weighted by atomic mass is 32.1. The third-order valence-electron chi connectivity index (χ3n) is 5.99. The molecule has 170 valence electrons. The number of nitrogens with zero attached hydrogens (tertiary/aromatic N) is 3. The summed E-state index contributed by atoms with van der Waals surface area (Å²) in [6.07, 6.45) is 4.60. The lowest BCUT2D eigenvalue weighted by molar-refractivity contribution is 0.0799. The minimum atomic E-state index is -1.13. The first-order valence-electron chi connectivity index (χ1n) is 11.3. The number of benzene rings is 1. The number of hydrogen-bond donors (Lipinski definition) is 0. The van der Waals surface area contributed by atoms with Gasteiger partial charge in [0.25, 0.3) is 0 Å². The van der Waals surface area contributed by atoms with Gasteiger partial charge in [-0.25, -0.2) is 4.68 Å². The van der Waals surface area contributed by atoms with E-state index >= 15 is 0 Å². The van der Waals surface area contributed by atoms with Crippen molar-refractivity contribution in [2.24, 2.45) is 0 Å². The van der Waals surface area contributed by atoms with Crippen LogP contribution in [0.3, 0.4) is 0 Å². The van der Waals surface area contributed by atoms with Crippen LogP contribution in [0.4, 0.5) is 0 Å². The Bertz CT molecular complexity index is 1260. The van der Waals surface area contributed by atoms with Gasteiger partial charge in [-0.15, -0.1) is 11.3 Å². The molecule has 0 spiro atoms. The van der Waals surface area contributed by atoms with Gasteiger partial charge in [-0.2, -0.15) is 5.10 Å². The predicted molar refractivity (Wildman–Crippen MR) is 138 cm³/mol. The van der Waals surface area contributed by atoms with E-state index in [4.69, 9.17) is 14.6 Å². The molecule has 0 unspecified atom stereocenters. The normalized spacial score (nSPS) is 12.6. The lowest BCUT2D eigenvalue weighted by Gasteiger charge is -2.15. The summed E-state index contributed by atoms with van der Waals surface area (Å²) < 4.78 is 13.5. The average Bonchev–Trinajstić information content (AvgIpc) is 3.47. The van der Waals surface area contributed by atoms with E-state index in [1.165, 1.54) is 32.1 Å². The SMILES string of the molecule is COc1ccc(-c2nn(COCC[Si](C)(C)C)c3c2Cc2sc(-c4ccncc4)cc2-3)cc1. The molecule has 1 aliphatic carbocycles. The molecule has 4 aromatic rings. The topological polar surface area (TPSA) is 49.2 Å². The quantitative estimate of drug-likeness (QED) is 0.188. The second kappa shape index (κ2) is 8.89. The van der Waals surface area contributed by atoms with Gasteiger partial charge in [-0.1, -0.05) is 19.6 Å². The van der Waals surface area contributed by atoms with Crippen molar-refractivity contribution < 1.29 is 9.47 Å². The standard InChI is InChI=1S/C26H29N3O2SSi/c1-30-20-7-5-19(6-8-20)25-22-16-24-21(15-23(32-24)18-9-11-27-12-10-18)26(22)29(28-25)17-31-13-14-33(2,3)4/h5-12,15H,13-14,16-17H2,1-4H3. The Hall–Kier alpha value is -2.74. The number of methoxy groups -OCH3 is 1. The van der Waals surface area contributed by atoms with Crippen molar-refractivity contribution in [3.8, 4) is 38.7 Å². The van der Waals surface area contributed by atoms with E-state index < -0.39 is 8.07 Å². The van der Waals surface area contributed by atoms with Gasteiger partial charge in [0.1, 0.15) is 12.5 Å². The van der Waals surface area contributed by atoms with Crippen LogP contribution < -0.4 is 4.74 Å². The second-order valence-electron chi connectivity index (χ2n) is 9.61. The minimum absolute atomic E-state index is 0.475. The first-order valence-corrected chi connectivity index (χ1v) is 15.8. The second-order valence-corrected chi connectivity index (χ2v) is 16.4. The number of fused-ring (bicyclic) bond motifs is 3. The molecule has 0 bridgehead atoms. The third-order valence-corrected chi connectivity index (χ3v) is 8.88. The smallest absolute Gasteiger partial charge is 0.140 e. The van der Waals surface area contributed by atoms with Crippen molar-refractivity contribution >= 4 is 19.4 Å². The molecule has 7 heteroatoms. The highest BCUT2D eigenvalue weighted by Gasteiger charge is 2.30. The Kier molecular flexibility index (Phi) is 5.95. The van der Waals surface area contributed by atoms with E-state index in [0.717, 1.165) is 36.1 Å². The Labute approximate surface area is 200 Å². The van der Waals surface area contributed by atoms with Gasteiger partial charge in [-0.05, 0) is 54.1 Å². The van der Waals surface area contributed by atoms with Crippen LogP contribution in [-0.4, -0.2) is 36.6 Å². The molecule has 0 atom stereocenters. The van der Waals surface area contributed by atoms with Crippen LogP contribution in [0.5, 0.6) is 5.75 Å². The molecule has 33 heavy (non-hydrogen) atoms. The van der Waals surface area contributed by atoms with Crippen molar-refractivity contribution in [3.05, 3.63) is 65.3 Å². The Balaban J connectivity index is 1.50. The number of rotatable bonds is 8. The van der Waals surface area contributed by atoms with Gasteiger partial charge in [-0.3, -0.25) is 4.98 Å². The van der Waals surface area contributed by atoms with Crippen LogP contribution in [0.15, 0.2) is 54.9 Å². The summed E-state index contributed by atoms with van der Waals surface area (Å²) in [6.45, 7) is 8.38. The molecule has 1 aromatic carbocycles. The Morgan fingerprint density at radius 2 is 1.79 bits per heavy atom. The van der Waals surface area contributed by atoms with E-state index in [2.05, 4.69) is 59.6 Å². The van der Waals surface area contributed by atoms with E-state index in [9.17, 15) is 0 Å².